The van der Waals surface area contributed by atoms with E-state index < -0.39 is 6.09 Å². The van der Waals surface area contributed by atoms with E-state index >= 15 is 0 Å². The summed E-state index contributed by atoms with van der Waals surface area (Å²) >= 11 is 3.40. The maximum atomic E-state index is 11.5. The molecule has 1 rings (SSSR count). The summed E-state index contributed by atoms with van der Waals surface area (Å²) in [6, 6.07) is 7.69. The molecule has 0 aliphatic carbocycles. The maximum absolute atomic E-state index is 11.5. The lowest BCUT2D eigenvalue weighted by Gasteiger charge is -2.08. The van der Waals surface area contributed by atoms with E-state index in [9.17, 15) is 9.59 Å². The molecule has 3 amide bonds. The van der Waals surface area contributed by atoms with Crippen molar-refractivity contribution in [1.29, 1.82) is 0 Å². The van der Waals surface area contributed by atoms with Crippen LogP contribution < -0.4 is 16.0 Å². The summed E-state index contributed by atoms with van der Waals surface area (Å²) in [6.45, 7) is 3.29. The topological polar surface area (TPSA) is 79.5 Å². The van der Waals surface area contributed by atoms with E-state index in [1.807, 2.05) is 24.3 Å². The number of hydrogen-bond acceptors (Lipinski definition) is 3. The molecule has 0 aromatic heterocycles. The molecule has 0 saturated carbocycles. The molecule has 0 atom stereocenters. The largest absolute Gasteiger partial charge is 0.450 e. The Bertz CT molecular complexity index is 469. The molecule has 21 heavy (non-hydrogen) atoms. The van der Waals surface area contributed by atoms with Crippen molar-refractivity contribution in [2.45, 2.75) is 13.3 Å². The van der Waals surface area contributed by atoms with Gasteiger partial charge in [0, 0.05) is 24.1 Å². The third kappa shape index (κ3) is 8.19. The fraction of sp³-hybridized carbons (Fsp3) is 0.429. The Morgan fingerprint density at radius 2 is 1.86 bits per heavy atom. The molecule has 0 fully saturated rings. The van der Waals surface area contributed by atoms with Gasteiger partial charge in [0.05, 0.1) is 6.61 Å². The molecule has 0 unspecified atom stereocenters. The number of carbonyl (C=O) groups is 2. The highest BCUT2D eigenvalue weighted by atomic mass is 79.9. The van der Waals surface area contributed by atoms with Crippen LogP contribution in [-0.4, -0.2) is 38.4 Å². The van der Waals surface area contributed by atoms with Crippen LogP contribution in [0.4, 0.5) is 9.59 Å². The molecule has 0 heterocycles. The van der Waals surface area contributed by atoms with E-state index in [1.165, 1.54) is 0 Å². The first kappa shape index (κ1) is 17.3. The van der Waals surface area contributed by atoms with Gasteiger partial charge in [-0.05, 0) is 31.0 Å². The number of rotatable bonds is 7. The predicted octanol–water partition coefficient (Wildman–Crippen LogP) is 2.04. The Labute approximate surface area is 132 Å². The van der Waals surface area contributed by atoms with Crippen LogP contribution in [0.25, 0.3) is 0 Å². The number of urea groups is 1. The molecular formula is C14H20BrN3O3. The summed E-state index contributed by atoms with van der Waals surface area (Å²) in [6.07, 6.45) is 0.280. The van der Waals surface area contributed by atoms with Crippen molar-refractivity contribution in [3.63, 3.8) is 0 Å². The number of alkyl carbamates (subject to hydrolysis) is 1. The molecule has 1 aromatic carbocycles. The highest BCUT2D eigenvalue weighted by molar-refractivity contribution is 9.10. The van der Waals surface area contributed by atoms with Crippen LogP contribution in [0.3, 0.4) is 0 Å². The van der Waals surface area contributed by atoms with Crippen LogP contribution >= 0.6 is 15.9 Å². The second-order valence-electron chi connectivity index (χ2n) is 4.21. The van der Waals surface area contributed by atoms with Crippen molar-refractivity contribution in [2.24, 2.45) is 0 Å². The quantitative estimate of drug-likeness (QED) is 0.653. The van der Waals surface area contributed by atoms with Crippen molar-refractivity contribution in [1.82, 2.24) is 16.0 Å². The minimum Gasteiger partial charge on any atom is -0.450 e. The van der Waals surface area contributed by atoms with E-state index in [1.54, 1.807) is 6.92 Å². The fourth-order valence-electron chi connectivity index (χ4n) is 1.60. The molecule has 1 aromatic rings. The summed E-state index contributed by atoms with van der Waals surface area (Å²) in [7, 11) is 0. The molecule has 116 valence electrons. The molecule has 6 nitrogen and oxygen atoms in total. The molecular weight excluding hydrogens is 338 g/mol. The van der Waals surface area contributed by atoms with E-state index in [2.05, 4.69) is 31.9 Å². The summed E-state index contributed by atoms with van der Waals surface area (Å²) in [4.78, 5) is 22.5. The van der Waals surface area contributed by atoms with Gasteiger partial charge in [0.25, 0.3) is 0 Å². The summed E-state index contributed by atoms with van der Waals surface area (Å²) in [5.74, 6) is 0. The standard InChI is InChI=1S/C14H20BrN3O3/c1-2-21-14(20)18-9-8-17-13(19)16-7-6-11-4-3-5-12(15)10-11/h3-5,10H,2,6-9H2,1H3,(H,18,20)(H2,16,17,19). The van der Waals surface area contributed by atoms with Gasteiger partial charge in [-0.1, -0.05) is 28.1 Å². The Morgan fingerprint density at radius 3 is 2.57 bits per heavy atom. The van der Waals surface area contributed by atoms with Crippen molar-refractivity contribution >= 4 is 28.1 Å². The maximum Gasteiger partial charge on any atom is 0.407 e. The van der Waals surface area contributed by atoms with Crippen LogP contribution in [0.15, 0.2) is 28.7 Å². The predicted molar refractivity (Wildman–Crippen MR) is 84.3 cm³/mol. The molecule has 0 aliphatic rings. The fourth-order valence-corrected chi connectivity index (χ4v) is 2.04. The van der Waals surface area contributed by atoms with Gasteiger partial charge in [0.15, 0.2) is 0 Å². The smallest absolute Gasteiger partial charge is 0.407 e. The average molecular weight is 358 g/mol. The Hall–Kier alpha value is -1.76. The van der Waals surface area contributed by atoms with Crippen LogP contribution in [0.2, 0.25) is 0 Å². The highest BCUT2D eigenvalue weighted by Gasteiger charge is 2.01. The van der Waals surface area contributed by atoms with Crippen molar-refractivity contribution in [3.05, 3.63) is 34.3 Å². The second kappa shape index (κ2) is 10.0. The normalized spacial score (nSPS) is 9.81. The number of halogens is 1. The van der Waals surface area contributed by atoms with Crippen LogP contribution in [0, 0.1) is 0 Å². The number of ether oxygens (including phenoxy) is 1. The number of nitrogens with one attached hydrogen (secondary N) is 3. The van der Waals surface area contributed by atoms with Gasteiger partial charge >= 0.3 is 12.1 Å². The molecule has 0 bridgehead atoms. The summed E-state index contributed by atoms with van der Waals surface area (Å²) < 4.78 is 5.71. The monoisotopic (exact) mass is 357 g/mol. The SMILES string of the molecule is CCOC(=O)NCCNC(=O)NCCc1cccc(Br)c1. The van der Waals surface area contributed by atoms with Crippen LogP contribution in [0.5, 0.6) is 0 Å². The van der Waals surface area contributed by atoms with Crippen molar-refractivity contribution in [2.75, 3.05) is 26.2 Å². The first-order chi connectivity index (χ1) is 10.1. The first-order valence-electron chi connectivity index (χ1n) is 6.78. The third-order valence-electron chi connectivity index (χ3n) is 2.54. The lowest BCUT2D eigenvalue weighted by molar-refractivity contribution is 0.152. The molecule has 0 saturated heterocycles. The summed E-state index contributed by atoms with van der Waals surface area (Å²) in [5, 5.41) is 7.92. The number of carbonyl (C=O) groups excluding carboxylic acids is 2. The number of benzene rings is 1. The zero-order chi connectivity index (χ0) is 15.5. The van der Waals surface area contributed by atoms with E-state index in [4.69, 9.17) is 4.74 Å². The Kier molecular flexibility index (Phi) is 8.27. The van der Waals surface area contributed by atoms with E-state index in [0.29, 0.717) is 26.2 Å². The molecule has 3 N–H and O–H groups in total. The van der Waals surface area contributed by atoms with Gasteiger partial charge in [-0.15, -0.1) is 0 Å². The highest BCUT2D eigenvalue weighted by Crippen LogP contribution is 2.11. The second-order valence-corrected chi connectivity index (χ2v) is 5.13. The van der Waals surface area contributed by atoms with E-state index in [0.717, 1.165) is 16.5 Å². The van der Waals surface area contributed by atoms with Gasteiger partial charge in [-0.3, -0.25) is 0 Å². The average Bonchev–Trinajstić information content (AvgIpc) is 2.44. The zero-order valence-electron chi connectivity index (χ0n) is 11.9. The molecule has 0 aliphatic heterocycles. The van der Waals surface area contributed by atoms with Gasteiger partial charge < -0.3 is 20.7 Å². The van der Waals surface area contributed by atoms with Crippen molar-refractivity contribution < 1.29 is 14.3 Å². The Morgan fingerprint density at radius 1 is 1.14 bits per heavy atom. The third-order valence-corrected chi connectivity index (χ3v) is 3.04. The van der Waals surface area contributed by atoms with E-state index in [-0.39, 0.29) is 6.03 Å². The molecule has 0 radical (unpaired) electrons. The molecule has 7 heteroatoms. The van der Waals surface area contributed by atoms with Gasteiger partial charge in [0.1, 0.15) is 0 Å². The lowest BCUT2D eigenvalue weighted by Crippen LogP contribution is -2.41. The van der Waals surface area contributed by atoms with Crippen molar-refractivity contribution in [3.8, 4) is 0 Å². The zero-order valence-corrected chi connectivity index (χ0v) is 13.5. The minimum atomic E-state index is -0.477. The van der Waals surface area contributed by atoms with Gasteiger partial charge in [-0.25, -0.2) is 9.59 Å². The molecule has 0 spiro atoms. The van der Waals surface area contributed by atoms with Crippen LogP contribution in [0.1, 0.15) is 12.5 Å². The minimum absolute atomic E-state index is 0.254. The first-order valence-corrected chi connectivity index (χ1v) is 7.58. The summed E-state index contributed by atoms with van der Waals surface area (Å²) in [5.41, 5.74) is 1.15. The van der Waals surface area contributed by atoms with Gasteiger partial charge in [-0.2, -0.15) is 0 Å². The lowest BCUT2D eigenvalue weighted by atomic mass is 10.1. The Balaban J connectivity index is 2.07. The number of hydrogen-bond donors (Lipinski definition) is 3. The van der Waals surface area contributed by atoms with Gasteiger partial charge in [0.2, 0.25) is 0 Å². The number of amides is 3. The van der Waals surface area contributed by atoms with Crippen LogP contribution in [-0.2, 0) is 11.2 Å².